The van der Waals surface area contributed by atoms with Crippen molar-refractivity contribution in [3.05, 3.63) is 76.2 Å². The van der Waals surface area contributed by atoms with Crippen molar-refractivity contribution in [2.75, 3.05) is 11.6 Å². The first-order valence-corrected chi connectivity index (χ1v) is 9.62. The normalized spacial score (nSPS) is 12.5. The summed E-state index contributed by atoms with van der Waals surface area (Å²) < 4.78 is 0.709. The van der Waals surface area contributed by atoms with Gasteiger partial charge in [-0.3, -0.25) is 4.79 Å². The van der Waals surface area contributed by atoms with Gasteiger partial charge in [0, 0.05) is 15.9 Å². The first-order valence-electron chi connectivity index (χ1n) is 8.40. The monoisotopic (exact) mass is 377 g/mol. The number of carbonyl (C=O) groups excluding carboxylic acids is 1. The number of anilines is 2. The summed E-state index contributed by atoms with van der Waals surface area (Å²) in [5.74, 6) is -0.562. The van der Waals surface area contributed by atoms with Crippen molar-refractivity contribution < 1.29 is 9.90 Å². The molecule has 6 heteroatoms. The molecule has 5 nitrogen and oxygen atoms in total. The zero-order valence-corrected chi connectivity index (χ0v) is 15.6. The molecule has 0 spiro atoms. The summed E-state index contributed by atoms with van der Waals surface area (Å²) in [7, 11) is 0. The summed E-state index contributed by atoms with van der Waals surface area (Å²) in [5.41, 5.74) is 3.15. The number of aryl methyl sites for hydroxylation is 1. The van der Waals surface area contributed by atoms with Gasteiger partial charge in [0.25, 0.3) is 5.69 Å². The number of ketones is 1. The van der Waals surface area contributed by atoms with Gasteiger partial charge in [0.15, 0.2) is 0 Å². The van der Waals surface area contributed by atoms with E-state index in [2.05, 4.69) is 11.4 Å². The summed E-state index contributed by atoms with van der Waals surface area (Å²) in [6, 6.07) is 15.6. The van der Waals surface area contributed by atoms with Crippen molar-refractivity contribution in [3.8, 4) is 5.75 Å². The van der Waals surface area contributed by atoms with Crippen LogP contribution in [0.5, 0.6) is 5.75 Å². The number of nitrogens with one attached hydrogen (secondary N) is 1. The molecule has 0 saturated carbocycles. The summed E-state index contributed by atoms with van der Waals surface area (Å²) in [6.45, 7) is 2.01. The molecule has 0 unspecified atom stereocenters. The van der Waals surface area contributed by atoms with Crippen molar-refractivity contribution >= 4 is 40.3 Å². The summed E-state index contributed by atoms with van der Waals surface area (Å²) in [6.07, 6.45) is 1.98. The highest BCUT2D eigenvalue weighted by Crippen LogP contribution is 2.45. The Hall–Kier alpha value is -3.12. The average molecular weight is 377 g/mol. The maximum atomic E-state index is 13.0. The SMILES string of the molecule is CSc1cc(C)ccc1Nc1ccc(O)c2c1[N+](=O)c1ccccc1C2=O. The number of carbonyl (C=O) groups is 1. The lowest BCUT2D eigenvalue weighted by Crippen LogP contribution is -2.18. The van der Waals surface area contributed by atoms with Crippen molar-refractivity contribution in [3.63, 3.8) is 0 Å². The minimum atomic E-state index is -0.358. The molecule has 0 aliphatic carbocycles. The summed E-state index contributed by atoms with van der Waals surface area (Å²) in [4.78, 5) is 26.9. The Morgan fingerprint density at radius 3 is 2.56 bits per heavy atom. The predicted molar refractivity (Wildman–Crippen MR) is 109 cm³/mol. The fraction of sp³-hybridized carbons (Fsp3) is 0.0952. The third-order valence-corrected chi connectivity index (χ3v) is 5.36. The molecule has 0 bridgehead atoms. The van der Waals surface area contributed by atoms with Gasteiger partial charge in [0.1, 0.15) is 17.0 Å². The number of rotatable bonds is 3. The lowest BCUT2D eigenvalue weighted by Gasteiger charge is -2.16. The smallest absolute Gasteiger partial charge is 0.301 e. The minimum absolute atomic E-state index is 0.0199. The van der Waals surface area contributed by atoms with E-state index in [0.717, 1.165) is 16.1 Å². The molecule has 3 aromatic rings. The number of benzene rings is 3. The van der Waals surface area contributed by atoms with Crippen LogP contribution >= 0.6 is 11.8 Å². The predicted octanol–water partition coefficient (Wildman–Crippen LogP) is 5.31. The number of aromatic hydroxyl groups is 1. The number of hydrogen-bond acceptors (Lipinski definition) is 5. The van der Waals surface area contributed by atoms with E-state index in [1.807, 2.05) is 25.3 Å². The Labute approximate surface area is 160 Å². The zero-order valence-electron chi connectivity index (χ0n) is 14.8. The molecule has 0 amide bonds. The number of fused-ring (bicyclic) bond motifs is 2. The first kappa shape index (κ1) is 17.3. The van der Waals surface area contributed by atoms with Gasteiger partial charge in [-0.2, -0.15) is 0 Å². The number of phenols is 1. The molecule has 27 heavy (non-hydrogen) atoms. The molecule has 134 valence electrons. The van der Waals surface area contributed by atoms with E-state index in [4.69, 9.17) is 0 Å². The van der Waals surface area contributed by atoms with Gasteiger partial charge in [-0.25, -0.2) is 0 Å². The molecule has 3 aromatic carbocycles. The van der Waals surface area contributed by atoms with Crippen LogP contribution < -0.4 is 10.1 Å². The van der Waals surface area contributed by atoms with Gasteiger partial charge in [-0.1, -0.05) is 18.2 Å². The second kappa shape index (κ2) is 6.55. The molecule has 0 aromatic heterocycles. The first-order chi connectivity index (χ1) is 13.0. The number of hydrogen-bond donors (Lipinski definition) is 2. The topological polar surface area (TPSA) is 69.4 Å². The van der Waals surface area contributed by atoms with E-state index in [9.17, 15) is 14.8 Å². The quantitative estimate of drug-likeness (QED) is 0.288. The number of nitrogens with zero attached hydrogens (tertiary/aromatic N) is 1. The molecule has 0 fully saturated rings. The van der Waals surface area contributed by atoms with E-state index in [0.29, 0.717) is 10.4 Å². The molecule has 4 rings (SSSR count). The fourth-order valence-electron chi connectivity index (χ4n) is 3.26. The molecular weight excluding hydrogens is 360 g/mol. The molecule has 1 aliphatic rings. The highest BCUT2D eigenvalue weighted by molar-refractivity contribution is 7.98. The van der Waals surface area contributed by atoms with E-state index in [1.54, 1.807) is 42.1 Å². The summed E-state index contributed by atoms with van der Waals surface area (Å²) in [5, 5.41) is 13.5. The van der Waals surface area contributed by atoms with Crippen LogP contribution in [0.3, 0.4) is 0 Å². The molecule has 2 N–H and O–H groups in total. The van der Waals surface area contributed by atoms with Crippen LogP contribution in [0, 0.1) is 11.8 Å². The third kappa shape index (κ3) is 2.78. The highest BCUT2D eigenvalue weighted by Gasteiger charge is 2.41. The number of phenolic OH excluding ortho intramolecular Hbond substituents is 1. The Morgan fingerprint density at radius 2 is 1.78 bits per heavy atom. The van der Waals surface area contributed by atoms with Crippen molar-refractivity contribution in [2.45, 2.75) is 11.8 Å². The second-order valence-corrected chi connectivity index (χ2v) is 7.17. The van der Waals surface area contributed by atoms with Crippen LogP contribution in [-0.4, -0.2) is 17.1 Å². The number of thioether (sulfide) groups is 1. The Kier molecular flexibility index (Phi) is 4.20. The Bertz CT molecular complexity index is 1110. The highest BCUT2D eigenvalue weighted by atomic mass is 32.2. The molecule has 0 saturated heterocycles. The largest absolute Gasteiger partial charge is 0.507 e. The van der Waals surface area contributed by atoms with Gasteiger partial charge in [-0.15, -0.1) is 11.8 Å². The molecule has 1 heterocycles. The van der Waals surface area contributed by atoms with Gasteiger partial charge >= 0.3 is 5.69 Å². The summed E-state index contributed by atoms with van der Waals surface area (Å²) >= 11 is 1.59. The minimum Gasteiger partial charge on any atom is -0.507 e. The Morgan fingerprint density at radius 1 is 1.04 bits per heavy atom. The van der Waals surface area contributed by atoms with E-state index in [1.165, 1.54) is 6.07 Å². The molecule has 0 atom stereocenters. The number of para-hydroxylation sites is 1. The maximum absolute atomic E-state index is 13.0. The second-order valence-electron chi connectivity index (χ2n) is 6.33. The van der Waals surface area contributed by atoms with E-state index >= 15 is 0 Å². The van der Waals surface area contributed by atoms with Gasteiger partial charge in [0.2, 0.25) is 5.78 Å². The van der Waals surface area contributed by atoms with Crippen LogP contribution in [-0.2, 0) is 0 Å². The third-order valence-electron chi connectivity index (χ3n) is 4.58. The zero-order chi connectivity index (χ0) is 19.1. The Balaban J connectivity index is 1.89. The molecule has 1 aliphatic heterocycles. The van der Waals surface area contributed by atoms with Crippen LogP contribution in [0.2, 0.25) is 0 Å². The lowest BCUT2D eigenvalue weighted by molar-refractivity contribution is 0.103. The van der Waals surface area contributed by atoms with Crippen LogP contribution in [0.4, 0.5) is 22.7 Å². The van der Waals surface area contributed by atoms with Gasteiger partial charge in [0.05, 0.1) is 16.0 Å². The van der Waals surface area contributed by atoms with Gasteiger partial charge < -0.3 is 10.4 Å². The standard InChI is InChI=1S/C21H16N2O3S/c1-12-7-8-14(18(11-12)27-2)22-15-9-10-17(24)19-20(15)23(26)16-6-4-3-5-13(16)21(19)25/h3-11H,1-2H3,(H-,22,24,25,26)/p+1. The molecular formula is C21H17N2O3S+. The fourth-order valence-corrected chi connectivity index (χ4v) is 3.90. The maximum Gasteiger partial charge on any atom is 0.301 e. The molecule has 0 radical (unpaired) electrons. The van der Waals surface area contributed by atoms with Gasteiger partial charge in [-0.05, 0) is 49.1 Å². The number of nitroso groups, excluding NO2 is 1. The van der Waals surface area contributed by atoms with Crippen molar-refractivity contribution in [1.82, 2.24) is 4.76 Å². The van der Waals surface area contributed by atoms with Crippen molar-refractivity contribution in [1.29, 1.82) is 0 Å². The van der Waals surface area contributed by atoms with Crippen LogP contribution in [0.25, 0.3) is 0 Å². The van der Waals surface area contributed by atoms with Crippen molar-refractivity contribution in [2.24, 2.45) is 0 Å². The van der Waals surface area contributed by atoms with Crippen LogP contribution in [0.15, 0.2) is 59.5 Å². The van der Waals surface area contributed by atoms with E-state index < -0.39 is 0 Å². The average Bonchev–Trinajstić information content (AvgIpc) is 2.68. The van der Waals surface area contributed by atoms with E-state index in [-0.39, 0.29) is 34.0 Å². The van der Waals surface area contributed by atoms with Crippen LogP contribution in [0.1, 0.15) is 21.5 Å². The lowest BCUT2D eigenvalue weighted by atomic mass is 9.94.